The molecule has 10 nitrogen and oxygen atoms in total. The molecule has 1 aliphatic rings. The van der Waals surface area contributed by atoms with E-state index in [4.69, 9.17) is 0 Å². The van der Waals surface area contributed by atoms with Gasteiger partial charge in [0.25, 0.3) is 5.56 Å². The molecule has 1 saturated carbocycles. The minimum Gasteiger partial charge on any atom is -0.325 e. The number of rotatable bonds is 7. The van der Waals surface area contributed by atoms with E-state index in [0.29, 0.717) is 35.3 Å². The maximum absolute atomic E-state index is 12.4. The monoisotopic (exact) mass is 418 g/mol. The van der Waals surface area contributed by atoms with Gasteiger partial charge in [0.05, 0.1) is 11.8 Å². The Morgan fingerprint density at radius 3 is 2.76 bits per heavy atom. The van der Waals surface area contributed by atoms with Gasteiger partial charge >= 0.3 is 5.69 Å². The van der Waals surface area contributed by atoms with Crippen LogP contribution in [0.5, 0.6) is 0 Å². The predicted molar refractivity (Wildman–Crippen MR) is 110 cm³/mol. The number of hydrogen-bond donors (Lipinski definition) is 1. The lowest BCUT2D eigenvalue weighted by Gasteiger charge is -2.21. The largest absolute Gasteiger partial charge is 0.330 e. The number of aryl methyl sites for hydroxylation is 2. The lowest BCUT2D eigenvalue weighted by Crippen LogP contribution is -2.31. The van der Waals surface area contributed by atoms with Crippen LogP contribution in [0.15, 0.2) is 14.7 Å². The number of aromatic amines is 1. The summed E-state index contributed by atoms with van der Waals surface area (Å²) in [5.74, 6) is 1.23. The standard InChI is InChI=1S/C18H26N8O2S/c1-3-4-10-25-15-14(16(27)20-17(25)28)24(2)13(19-15)11-29-18-21-22-23-26(18)12-8-6-5-7-9-12/h12H,3-11H2,1-2H3,(H,20,27,28). The number of hydrogen-bond acceptors (Lipinski definition) is 7. The zero-order valence-corrected chi connectivity index (χ0v) is 17.6. The van der Waals surface area contributed by atoms with Crippen LogP contribution < -0.4 is 11.2 Å². The van der Waals surface area contributed by atoms with Crippen LogP contribution in [0.2, 0.25) is 0 Å². The Hall–Kier alpha value is -2.43. The van der Waals surface area contributed by atoms with Crippen molar-refractivity contribution in [3.8, 4) is 0 Å². The second kappa shape index (κ2) is 8.52. The van der Waals surface area contributed by atoms with Gasteiger partial charge in [-0.3, -0.25) is 14.3 Å². The Morgan fingerprint density at radius 1 is 1.21 bits per heavy atom. The highest BCUT2D eigenvalue weighted by atomic mass is 32.2. The summed E-state index contributed by atoms with van der Waals surface area (Å²) in [6, 6.07) is 0.351. The molecule has 11 heteroatoms. The Balaban J connectivity index is 1.62. The molecule has 1 aliphatic carbocycles. The molecule has 0 amide bonds. The van der Waals surface area contributed by atoms with E-state index in [-0.39, 0.29) is 0 Å². The molecule has 0 unspecified atom stereocenters. The normalized spacial score (nSPS) is 15.4. The number of imidazole rings is 1. The van der Waals surface area contributed by atoms with Crippen LogP contribution in [0.3, 0.4) is 0 Å². The summed E-state index contributed by atoms with van der Waals surface area (Å²) in [5, 5.41) is 13.0. The second-order valence-corrected chi connectivity index (χ2v) is 8.45. The second-order valence-electron chi connectivity index (χ2n) is 7.51. The number of thioether (sulfide) groups is 1. The van der Waals surface area contributed by atoms with Crippen molar-refractivity contribution in [2.45, 2.75) is 75.4 Å². The van der Waals surface area contributed by atoms with E-state index in [2.05, 4.69) is 32.4 Å². The van der Waals surface area contributed by atoms with Gasteiger partial charge in [0.2, 0.25) is 5.16 Å². The van der Waals surface area contributed by atoms with Gasteiger partial charge in [0, 0.05) is 13.6 Å². The van der Waals surface area contributed by atoms with Crippen LogP contribution >= 0.6 is 11.8 Å². The predicted octanol–water partition coefficient (Wildman–Crippen LogP) is 2.01. The molecule has 0 aliphatic heterocycles. The average molecular weight is 419 g/mol. The van der Waals surface area contributed by atoms with Crippen molar-refractivity contribution in [3.05, 3.63) is 26.7 Å². The van der Waals surface area contributed by atoms with Gasteiger partial charge < -0.3 is 4.57 Å². The molecule has 156 valence electrons. The third-order valence-corrected chi connectivity index (χ3v) is 6.48. The minimum absolute atomic E-state index is 0.351. The van der Waals surface area contributed by atoms with E-state index in [1.54, 1.807) is 16.2 Å². The van der Waals surface area contributed by atoms with Crippen LogP contribution in [-0.2, 0) is 19.3 Å². The molecule has 3 aromatic rings. The van der Waals surface area contributed by atoms with Crippen molar-refractivity contribution in [2.24, 2.45) is 7.05 Å². The number of aromatic nitrogens is 8. The summed E-state index contributed by atoms with van der Waals surface area (Å²) in [6.07, 6.45) is 7.68. The van der Waals surface area contributed by atoms with Gasteiger partial charge in [0.1, 0.15) is 5.82 Å². The molecule has 0 spiro atoms. The SMILES string of the molecule is CCCCn1c(=O)[nH]c(=O)c2c1nc(CSc1nnnn1C1CCCCC1)n2C. The van der Waals surface area contributed by atoms with Crippen LogP contribution in [0.4, 0.5) is 0 Å². The van der Waals surface area contributed by atoms with Crippen LogP contribution in [0, 0.1) is 0 Å². The molecule has 1 fully saturated rings. The summed E-state index contributed by atoms with van der Waals surface area (Å²) in [6.45, 7) is 2.59. The maximum atomic E-state index is 12.4. The van der Waals surface area contributed by atoms with E-state index in [9.17, 15) is 9.59 Å². The average Bonchev–Trinajstić information content (AvgIpc) is 3.31. The quantitative estimate of drug-likeness (QED) is 0.583. The molecule has 29 heavy (non-hydrogen) atoms. The summed E-state index contributed by atoms with van der Waals surface area (Å²) >= 11 is 1.51. The number of H-pyrrole nitrogens is 1. The van der Waals surface area contributed by atoms with Crippen molar-refractivity contribution in [1.29, 1.82) is 0 Å². The molecule has 0 bridgehead atoms. The number of unbranched alkanes of at least 4 members (excludes halogenated alkanes) is 1. The number of tetrazole rings is 1. The van der Waals surface area contributed by atoms with Gasteiger partial charge in [-0.25, -0.2) is 14.5 Å². The van der Waals surface area contributed by atoms with Gasteiger partial charge in [-0.15, -0.1) is 5.10 Å². The Labute approximate surface area is 171 Å². The topological polar surface area (TPSA) is 116 Å². The molecule has 3 aromatic heterocycles. The molecular formula is C18H26N8O2S. The first-order valence-electron chi connectivity index (χ1n) is 10.2. The highest BCUT2D eigenvalue weighted by Gasteiger charge is 2.22. The van der Waals surface area contributed by atoms with Gasteiger partial charge in [0.15, 0.2) is 11.2 Å². The first kappa shape index (κ1) is 19.9. The van der Waals surface area contributed by atoms with Crippen LogP contribution in [-0.4, -0.2) is 39.3 Å². The van der Waals surface area contributed by atoms with E-state index in [1.165, 1.54) is 31.0 Å². The zero-order chi connectivity index (χ0) is 20.4. The van der Waals surface area contributed by atoms with Crippen molar-refractivity contribution in [1.82, 2.24) is 39.3 Å². The summed E-state index contributed by atoms with van der Waals surface area (Å²) in [5.41, 5.74) is 0.0471. The summed E-state index contributed by atoms with van der Waals surface area (Å²) in [7, 11) is 1.80. The third kappa shape index (κ3) is 3.87. The lowest BCUT2D eigenvalue weighted by atomic mass is 9.96. The fraction of sp³-hybridized carbons (Fsp3) is 0.667. The molecule has 0 atom stereocenters. The van der Waals surface area contributed by atoms with E-state index in [1.807, 2.05) is 4.68 Å². The van der Waals surface area contributed by atoms with Crippen molar-refractivity contribution < 1.29 is 0 Å². The minimum atomic E-state index is -0.408. The fourth-order valence-electron chi connectivity index (χ4n) is 3.91. The van der Waals surface area contributed by atoms with E-state index < -0.39 is 11.2 Å². The maximum Gasteiger partial charge on any atom is 0.330 e. The lowest BCUT2D eigenvalue weighted by molar-refractivity contribution is 0.307. The van der Waals surface area contributed by atoms with Crippen molar-refractivity contribution in [2.75, 3.05) is 0 Å². The fourth-order valence-corrected chi connectivity index (χ4v) is 4.84. The Kier molecular flexibility index (Phi) is 5.84. The number of nitrogens with one attached hydrogen (secondary N) is 1. The van der Waals surface area contributed by atoms with Crippen molar-refractivity contribution >= 4 is 22.9 Å². The summed E-state index contributed by atoms with van der Waals surface area (Å²) in [4.78, 5) is 31.7. The highest BCUT2D eigenvalue weighted by Crippen LogP contribution is 2.31. The molecular weight excluding hydrogens is 392 g/mol. The van der Waals surface area contributed by atoms with Crippen LogP contribution in [0.1, 0.15) is 63.7 Å². The smallest absolute Gasteiger partial charge is 0.325 e. The number of nitrogens with zero attached hydrogens (tertiary/aromatic N) is 7. The molecule has 0 radical (unpaired) electrons. The highest BCUT2D eigenvalue weighted by molar-refractivity contribution is 7.98. The first-order chi connectivity index (χ1) is 14.1. The molecule has 0 aromatic carbocycles. The van der Waals surface area contributed by atoms with Gasteiger partial charge in [-0.2, -0.15) is 0 Å². The van der Waals surface area contributed by atoms with E-state index in [0.717, 1.165) is 30.8 Å². The first-order valence-corrected chi connectivity index (χ1v) is 11.2. The molecule has 0 saturated heterocycles. The Morgan fingerprint density at radius 2 is 2.00 bits per heavy atom. The third-order valence-electron chi connectivity index (χ3n) is 5.55. The molecule has 1 N–H and O–H groups in total. The molecule has 4 rings (SSSR count). The van der Waals surface area contributed by atoms with E-state index >= 15 is 0 Å². The van der Waals surface area contributed by atoms with Crippen molar-refractivity contribution in [3.63, 3.8) is 0 Å². The Bertz CT molecular complexity index is 1110. The zero-order valence-electron chi connectivity index (χ0n) is 16.8. The summed E-state index contributed by atoms with van der Waals surface area (Å²) < 4.78 is 5.24. The molecule has 3 heterocycles. The van der Waals surface area contributed by atoms with Gasteiger partial charge in [-0.1, -0.05) is 44.4 Å². The number of fused-ring (bicyclic) bond motifs is 1. The van der Waals surface area contributed by atoms with Crippen LogP contribution in [0.25, 0.3) is 11.2 Å². The van der Waals surface area contributed by atoms with Gasteiger partial charge in [-0.05, 0) is 29.7 Å².